The Hall–Kier alpha value is -0.250. The average molecular weight is 244 g/mol. The van der Waals surface area contributed by atoms with Gasteiger partial charge in [0.25, 0.3) is 0 Å². The van der Waals surface area contributed by atoms with E-state index in [9.17, 15) is 5.11 Å². The van der Waals surface area contributed by atoms with E-state index in [1.807, 2.05) is 12.1 Å². The molecule has 1 saturated carbocycles. The normalized spacial score (nSPS) is 26.5. The molecule has 2 nitrogen and oxygen atoms in total. The summed E-state index contributed by atoms with van der Waals surface area (Å²) in [6, 6.07) is 3.66. The van der Waals surface area contributed by atoms with Crippen molar-refractivity contribution in [3.8, 4) is 0 Å². The molecular weight excluding hydrogens is 230 g/mol. The van der Waals surface area contributed by atoms with Gasteiger partial charge in [-0.1, -0.05) is 36.2 Å². The molecule has 0 aromatic carbocycles. The second-order valence-electron chi connectivity index (χ2n) is 3.80. The maximum absolute atomic E-state index is 9.83. The zero-order chi connectivity index (χ0) is 10.7. The lowest BCUT2D eigenvalue weighted by atomic mass is 9.97. The summed E-state index contributed by atoms with van der Waals surface area (Å²) >= 11 is 7.63. The van der Waals surface area contributed by atoms with E-state index >= 15 is 0 Å². The van der Waals surface area contributed by atoms with Gasteiger partial charge < -0.3 is 5.11 Å². The molecule has 1 fully saturated rings. The summed E-state index contributed by atoms with van der Waals surface area (Å²) in [5, 5.41) is 11.6. The van der Waals surface area contributed by atoms with E-state index in [2.05, 4.69) is 4.98 Å². The van der Waals surface area contributed by atoms with Crippen LogP contribution in [0.25, 0.3) is 0 Å². The summed E-state index contributed by atoms with van der Waals surface area (Å²) in [7, 11) is 0. The van der Waals surface area contributed by atoms with Crippen LogP contribution in [0.1, 0.15) is 25.7 Å². The molecule has 1 aromatic heterocycles. The Labute approximate surface area is 99.1 Å². The van der Waals surface area contributed by atoms with Gasteiger partial charge in [-0.15, -0.1) is 0 Å². The number of aliphatic hydroxyl groups excluding tert-OH is 1. The minimum atomic E-state index is -0.207. The Morgan fingerprint density at radius 1 is 1.40 bits per heavy atom. The van der Waals surface area contributed by atoms with Gasteiger partial charge in [0.15, 0.2) is 0 Å². The summed E-state index contributed by atoms with van der Waals surface area (Å²) < 4.78 is 0. The van der Waals surface area contributed by atoms with E-state index < -0.39 is 0 Å². The van der Waals surface area contributed by atoms with E-state index in [-0.39, 0.29) is 11.4 Å². The van der Waals surface area contributed by atoms with Crippen molar-refractivity contribution in [3.05, 3.63) is 23.4 Å². The van der Waals surface area contributed by atoms with E-state index in [0.29, 0.717) is 5.02 Å². The molecule has 1 heterocycles. The lowest BCUT2D eigenvalue weighted by molar-refractivity contribution is 0.137. The summed E-state index contributed by atoms with van der Waals surface area (Å²) in [5.41, 5.74) is 0. The molecule has 4 heteroatoms. The molecule has 15 heavy (non-hydrogen) atoms. The van der Waals surface area contributed by atoms with Gasteiger partial charge in [0.2, 0.25) is 0 Å². The lowest BCUT2D eigenvalue weighted by Crippen LogP contribution is -2.26. The van der Waals surface area contributed by atoms with Gasteiger partial charge in [0.1, 0.15) is 5.03 Å². The molecule has 0 radical (unpaired) electrons. The number of nitrogens with zero attached hydrogens (tertiary/aromatic N) is 1. The predicted molar refractivity (Wildman–Crippen MR) is 63.4 cm³/mol. The van der Waals surface area contributed by atoms with Crippen LogP contribution in [0.15, 0.2) is 23.4 Å². The predicted octanol–water partition coefficient (Wildman–Crippen LogP) is 3.13. The lowest BCUT2D eigenvalue weighted by Gasteiger charge is -2.26. The van der Waals surface area contributed by atoms with Crippen LogP contribution in [0.4, 0.5) is 0 Å². The highest BCUT2D eigenvalue weighted by Gasteiger charge is 2.24. The Bertz CT molecular complexity index is 334. The quantitative estimate of drug-likeness (QED) is 0.867. The van der Waals surface area contributed by atoms with Crippen LogP contribution >= 0.6 is 23.4 Å². The fourth-order valence-electron chi connectivity index (χ4n) is 1.82. The summed E-state index contributed by atoms with van der Waals surface area (Å²) in [6.07, 6.45) is 5.82. The van der Waals surface area contributed by atoms with Crippen molar-refractivity contribution in [2.45, 2.75) is 42.1 Å². The van der Waals surface area contributed by atoms with Crippen LogP contribution in [-0.2, 0) is 0 Å². The number of hydrogen-bond donors (Lipinski definition) is 1. The standard InChI is InChI=1S/C11H14ClNOS/c12-8-4-3-7-13-11(8)15-10-6-2-1-5-9(10)14/h3-4,7,9-10,14H,1-2,5-6H2/t9-,10-/m1/s1. The van der Waals surface area contributed by atoms with Crippen molar-refractivity contribution >= 4 is 23.4 Å². The molecule has 0 saturated heterocycles. The van der Waals surface area contributed by atoms with E-state index in [4.69, 9.17) is 11.6 Å². The third kappa shape index (κ3) is 2.86. The molecule has 0 aliphatic heterocycles. The highest BCUT2D eigenvalue weighted by Crippen LogP contribution is 2.35. The van der Waals surface area contributed by atoms with Gasteiger partial charge in [-0.05, 0) is 25.0 Å². The molecule has 82 valence electrons. The number of aliphatic hydroxyl groups is 1. The topological polar surface area (TPSA) is 33.1 Å². The van der Waals surface area contributed by atoms with Gasteiger partial charge in [0, 0.05) is 11.4 Å². The Morgan fingerprint density at radius 3 is 2.93 bits per heavy atom. The van der Waals surface area contributed by atoms with E-state index in [1.54, 1.807) is 18.0 Å². The zero-order valence-electron chi connectivity index (χ0n) is 8.40. The average Bonchev–Trinajstić information content (AvgIpc) is 2.24. The molecular formula is C11H14ClNOS. The maximum Gasteiger partial charge on any atom is 0.115 e. The van der Waals surface area contributed by atoms with Crippen molar-refractivity contribution in [1.29, 1.82) is 0 Å². The second kappa shape index (κ2) is 5.19. The molecule has 2 atom stereocenters. The third-order valence-electron chi connectivity index (χ3n) is 2.66. The fourth-order valence-corrected chi connectivity index (χ4v) is 3.24. The van der Waals surface area contributed by atoms with Crippen LogP contribution in [0.5, 0.6) is 0 Å². The number of halogens is 1. The van der Waals surface area contributed by atoms with Gasteiger partial charge in [-0.2, -0.15) is 0 Å². The van der Waals surface area contributed by atoms with Crippen molar-refractivity contribution in [2.75, 3.05) is 0 Å². The first-order valence-corrected chi connectivity index (χ1v) is 6.48. The van der Waals surface area contributed by atoms with Crippen LogP contribution in [0.2, 0.25) is 5.02 Å². The number of pyridine rings is 1. The molecule has 2 rings (SSSR count). The van der Waals surface area contributed by atoms with Crippen LogP contribution in [-0.4, -0.2) is 21.4 Å². The summed E-state index contributed by atoms with van der Waals surface area (Å²) in [5.74, 6) is 0. The van der Waals surface area contributed by atoms with Crippen molar-refractivity contribution < 1.29 is 5.11 Å². The Morgan fingerprint density at radius 2 is 2.20 bits per heavy atom. The smallest absolute Gasteiger partial charge is 0.115 e. The first-order valence-electron chi connectivity index (χ1n) is 5.22. The van der Waals surface area contributed by atoms with Gasteiger partial charge in [-0.25, -0.2) is 4.98 Å². The van der Waals surface area contributed by atoms with Gasteiger partial charge in [0.05, 0.1) is 11.1 Å². The molecule has 0 unspecified atom stereocenters. The van der Waals surface area contributed by atoms with Crippen molar-refractivity contribution in [3.63, 3.8) is 0 Å². The first-order chi connectivity index (χ1) is 7.27. The summed E-state index contributed by atoms with van der Waals surface area (Å²) in [4.78, 5) is 4.23. The van der Waals surface area contributed by atoms with E-state index in [1.165, 1.54) is 6.42 Å². The monoisotopic (exact) mass is 243 g/mol. The molecule has 1 N–H and O–H groups in total. The minimum absolute atomic E-state index is 0.207. The van der Waals surface area contributed by atoms with E-state index in [0.717, 1.165) is 24.3 Å². The largest absolute Gasteiger partial charge is 0.392 e. The van der Waals surface area contributed by atoms with Crippen molar-refractivity contribution in [2.24, 2.45) is 0 Å². The second-order valence-corrected chi connectivity index (χ2v) is 5.43. The van der Waals surface area contributed by atoms with Crippen LogP contribution in [0, 0.1) is 0 Å². The van der Waals surface area contributed by atoms with Crippen molar-refractivity contribution in [1.82, 2.24) is 4.98 Å². The fraction of sp³-hybridized carbons (Fsp3) is 0.545. The zero-order valence-corrected chi connectivity index (χ0v) is 9.97. The highest BCUT2D eigenvalue weighted by atomic mass is 35.5. The molecule has 0 amide bonds. The number of hydrogen-bond acceptors (Lipinski definition) is 3. The molecule has 1 aromatic rings. The van der Waals surface area contributed by atoms with Crippen LogP contribution < -0.4 is 0 Å². The molecule has 0 bridgehead atoms. The maximum atomic E-state index is 9.83. The number of rotatable bonds is 2. The highest BCUT2D eigenvalue weighted by molar-refractivity contribution is 8.00. The first kappa shape index (κ1) is 11.2. The number of aromatic nitrogens is 1. The molecule has 1 aliphatic carbocycles. The number of thioether (sulfide) groups is 1. The van der Waals surface area contributed by atoms with Gasteiger partial charge in [-0.3, -0.25) is 0 Å². The SMILES string of the molecule is O[C@@H]1CCCC[C@H]1Sc1ncccc1Cl. The minimum Gasteiger partial charge on any atom is -0.392 e. The molecule has 0 spiro atoms. The third-order valence-corrected chi connectivity index (χ3v) is 4.47. The van der Waals surface area contributed by atoms with Gasteiger partial charge >= 0.3 is 0 Å². The van der Waals surface area contributed by atoms with Crippen LogP contribution in [0.3, 0.4) is 0 Å². The Kier molecular flexibility index (Phi) is 3.89. The Balaban J connectivity index is 2.04. The summed E-state index contributed by atoms with van der Waals surface area (Å²) in [6.45, 7) is 0. The molecule has 1 aliphatic rings.